The van der Waals surface area contributed by atoms with Gasteiger partial charge >= 0.3 is 10.2 Å². The van der Waals surface area contributed by atoms with Crippen LogP contribution in [-0.4, -0.2) is 13.7 Å². The maximum Gasteiger partial charge on any atom is 0.310 e. The van der Waals surface area contributed by atoms with Crippen LogP contribution in [0.2, 0.25) is 0 Å². The highest BCUT2D eigenvalue weighted by Gasteiger charge is 2.65. The minimum atomic E-state index is -9.56. The molecule has 0 fully saturated rings. The maximum absolute atomic E-state index is 12.4. The number of benzene rings is 1. The fourth-order valence-corrected chi connectivity index (χ4v) is 2.04. The Morgan fingerprint density at radius 1 is 1.18 bits per heavy atom. The molecule has 2 N–H and O–H groups in total. The van der Waals surface area contributed by atoms with E-state index in [-0.39, 0.29) is 13.8 Å². The van der Waals surface area contributed by atoms with Gasteiger partial charge in [-0.3, -0.25) is 0 Å². The lowest BCUT2D eigenvalue weighted by atomic mass is 10.2. The van der Waals surface area contributed by atoms with Gasteiger partial charge < -0.3 is 10.5 Å². The Hall–Kier alpha value is -1.02. The molecule has 2 rings (SSSR count). The predicted octanol–water partition coefficient (Wildman–Crippen LogP) is 4.10. The first-order valence-electron chi connectivity index (χ1n) is 4.64. The lowest BCUT2D eigenvalue weighted by Crippen LogP contribution is -2.05. The van der Waals surface area contributed by atoms with Crippen molar-refractivity contribution in [2.24, 2.45) is 5.73 Å². The third kappa shape index (κ3) is 3.22. The average Bonchev–Trinajstić information content (AvgIpc) is 2.63. The lowest BCUT2D eigenvalue weighted by Gasteiger charge is -2.40. The number of hydrogen-bond donors (Lipinski definition) is 1. The van der Waals surface area contributed by atoms with Crippen LogP contribution in [0, 0.1) is 0 Å². The molecule has 0 saturated heterocycles. The number of hydrogen-bond acceptors (Lipinski definition) is 2. The first-order chi connectivity index (χ1) is 7.56. The summed E-state index contributed by atoms with van der Waals surface area (Å²) >= 11 is 0. The Morgan fingerprint density at radius 3 is 2.29 bits per heavy atom. The Kier molecular flexibility index (Phi) is 2.88. The minimum Gasteiger partial charge on any atom is -0.493 e. The van der Waals surface area contributed by atoms with Gasteiger partial charge in [-0.05, 0) is 18.7 Å². The topological polar surface area (TPSA) is 35.2 Å². The molecule has 1 aromatic rings. The number of rotatable bonds is 1. The molecule has 0 radical (unpaired) electrons. The van der Waals surface area contributed by atoms with Crippen LogP contribution in [0.25, 0.3) is 0 Å². The summed E-state index contributed by atoms with van der Waals surface area (Å²) in [4.78, 5) is -1.89. The van der Waals surface area contributed by atoms with Crippen LogP contribution in [0.4, 0.5) is 19.4 Å². The van der Waals surface area contributed by atoms with Crippen molar-refractivity contribution in [2.45, 2.75) is 11.3 Å². The van der Waals surface area contributed by atoms with E-state index in [1.165, 1.54) is 7.05 Å². The van der Waals surface area contributed by atoms with Gasteiger partial charge in [-0.15, -0.1) is 0 Å². The van der Waals surface area contributed by atoms with Crippen LogP contribution in [0.1, 0.15) is 6.99 Å². The minimum absolute atomic E-state index is 0. The molecular formula is C9H14F5NOS. The molecule has 1 aliphatic rings. The van der Waals surface area contributed by atoms with Crippen molar-refractivity contribution in [3.8, 4) is 5.75 Å². The molecule has 0 saturated carbocycles. The SMILES string of the molecule is CN.FS(F)(F)(F)(F)c1ccc2c(c1)OCC2.[HH]. The standard InChI is InChI=1S/C8H7F5OS.CH5N.H2/c9-15(10,11,12,13)7-2-1-6-3-4-14-8(6)5-7;1-2;/h1-2,5H,3-4H2;2H2,1H3;1H. The van der Waals surface area contributed by atoms with Crippen molar-refractivity contribution >= 4 is 10.2 Å². The second kappa shape index (κ2) is 3.49. The molecule has 1 aromatic carbocycles. The van der Waals surface area contributed by atoms with Gasteiger partial charge in [0.1, 0.15) is 10.6 Å². The van der Waals surface area contributed by atoms with Gasteiger partial charge in [0, 0.05) is 13.9 Å². The van der Waals surface area contributed by atoms with Gasteiger partial charge in [0.05, 0.1) is 6.61 Å². The zero-order valence-electron chi connectivity index (χ0n) is 8.93. The Bertz CT molecular complexity index is 435. The normalized spacial score (nSPS) is 18.1. The highest BCUT2D eigenvalue weighted by atomic mass is 32.5. The zero-order valence-corrected chi connectivity index (χ0v) is 9.75. The molecule has 0 bridgehead atoms. The van der Waals surface area contributed by atoms with E-state index in [4.69, 9.17) is 4.74 Å². The van der Waals surface area contributed by atoms with Crippen molar-refractivity contribution in [1.29, 1.82) is 0 Å². The van der Waals surface area contributed by atoms with Crippen molar-refractivity contribution in [3.63, 3.8) is 0 Å². The number of fused-ring (bicyclic) bond motifs is 1. The summed E-state index contributed by atoms with van der Waals surface area (Å²) in [6.45, 7) is 0.235. The van der Waals surface area contributed by atoms with Crippen molar-refractivity contribution < 1.29 is 25.6 Å². The molecule has 17 heavy (non-hydrogen) atoms. The first-order valence-corrected chi connectivity index (χ1v) is 6.59. The van der Waals surface area contributed by atoms with Gasteiger partial charge in [-0.25, -0.2) is 0 Å². The smallest absolute Gasteiger partial charge is 0.310 e. The summed E-state index contributed by atoms with van der Waals surface area (Å²) in [5.74, 6) is -0.0965. The Morgan fingerprint density at radius 2 is 1.76 bits per heavy atom. The molecule has 1 aliphatic heterocycles. The molecule has 102 valence electrons. The lowest BCUT2D eigenvalue weighted by molar-refractivity contribution is 0.349. The van der Waals surface area contributed by atoms with Gasteiger partial charge in [0.15, 0.2) is 0 Å². The fourth-order valence-electron chi connectivity index (χ4n) is 1.39. The van der Waals surface area contributed by atoms with E-state index >= 15 is 0 Å². The van der Waals surface area contributed by atoms with Gasteiger partial charge in [-0.2, -0.15) is 0 Å². The molecule has 0 unspecified atom stereocenters. The van der Waals surface area contributed by atoms with E-state index in [0.29, 0.717) is 24.1 Å². The third-order valence-electron chi connectivity index (χ3n) is 2.11. The van der Waals surface area contributed by atoms with E-state index in [0.717, 1.165) is 6.07 Å². The van der Waals surface area contributed by atoms with Crippen molar-refractivity contribution in [2.75, 3.05) is 13.7 Å². The number of nitrogens with two attached hydrogens (primary N) is 1. The number of ether oxygens (including phenoxy) is 1. The van der Waals surface area contributed by atoms with Crippen molar-refractivity contribution in [1.82, 2.24) is 0 Å². The molecule has 1 heterocycles. The van der Waals surface area contributed by atoms with Crippen LogP contribution >= 0.6 is 10.2 Å². The van der Waals surface area contributed by atoms with Crippen LogP contribution in [0.15, 0.2) is 23.1 Å². The first kappa shape index (κ1) is 14.0. The summed E-state index contributed by atoms with van der Waals surface area (Å²) in [7, 11) is -8.06. The van der Waals surface area contributed by atoms with E-state index in [1.54, 1.807) is 0 Å². The zero-order chi connectivity index (χ0) is 13.4. The van der Waals surface area contributed by atoms with E-state index in [9.17, 15) is 19.4 Å². The predicted molar refractivity (Wildman–Crippen MR) is 59.3 cm³/mol. The molecule has 0 aliphatic carbocycles. The fraction of sp³-hybridized carbons (Fsp3) is 0.333. The van der Waals surface area contributed by atoms with Gasteiger partial charge in [-0.1, -0.05) is 25.5 Å². The Balaban J connectivity index is 0.000000917. The molecule has 0 aromatic heterocycles. The summed E-state index contributed by atoms with van der Waals surface area (Å²) in [5, 5.41) is 0. The summed E-state index contributed by atoms with van der Waals surface area (Å²) in [6, 6.07) is 1.83. The Labute approximate surface area is 96.8 Å². The average molecular weight is 279 g/mol. The third-order valence-corrected chi connectivity index (χ3v) is 3.26. The van der Waals surface area contributed by atoms with Crippen LogP contribution in [0.3, 0.4) is 0 Å². The summed E-state index contributed by atoms with van der Waals surface area (Å²) in [5.41, 5.74) is 5.03. The number of halogens is 5. The molecule has 0 atom stereocenters. The largest absolute Gasteiger partial charge is 0.493 e. The highest BCUT2D eigenvalue weighted by molar-refractivity contribution is 8.45. The quantitative estimate of drug-likeness (QED) is 0.785. The van der Waals surface area contributed by atoms with Crippen molar-refractivity contribution in [3.05, 3.63) is 23.8 Å². The van der Waals surface area contributed by atoms with Gasteiger partial charge in [0.25, 0.3) is 0 Å². The summed E-state index contributed by atoms with van der Waals surface area (Å²) < 4.78 is 66.6. The van der Waals surface area contributed by atoms with Crippen LogP contribution in [0.5, 0.6) is 5.75 Å². The van der Waals surface area contributed by atoms with Crippen LogP contribution < -0.4 is 10.5 Å². The maximum atomic E-state index is 12.4. The van der Waals surface area contributed by atoms with Crippen LogP contribution in [-0.2, 0) is 6.42 Å². The molecule has 2 nitrogen and oxygen atoms in total. The van der Waals surface area contributed by atoms with Gasteiger partial charge in [0.2, 0.25) is 0 Å². The van der Waals surface area contributed by atoms with E-state index < -0.39 is 15.1 Å². The molecular weight excluding hydrogens is 265 g/mol. The molecule has 0 amide bonds. The second-order valence-electron chi connectivity index (χ2n) is 3.34. The highest BCUT2D eigenvalue weighted by Crippen LogP contribution is 3.02. The summed E-state index contributed by atoms with van der Waals surface area (Å²) in [6.07, 6.45) is 0.454. The monoisotopic (exact) mass is 279 g/mol. The van der Waals surface area contributed by atoms with E-state index in [1.807, 2.05) is 0 Å². The second-order valence-corrected chi connectivity index (χ2v) is 5.75. The molecule has 0 spiro atoms. The molecule has 8 heteroatoms. The van der Waals surface area contributed by atoms with E-state index in [2.05, 4.69) is 5.73 Å².